The number of carbonyl (C=O) groups is 3. The number of nitrogens with one attached hydrogen (secondary N) is 3. The number of nitrogens with zero attached hydrogens (tertiary/aromatic N) is 3. The van der Waals surface area contributed by atoms with Gasteiger partial charge in [-0.1, -0.05) is 87.9 Å². The van der Waals surface area contributed by atoms with Crippen molar-refractivity contribution < 1.29 is 29.0 Å². The van der Waals surface area contributed by atoms with E-state index in [-0.39, 0.29) is 29.7 Å². The third-order valence-corrected chi connectivity index (χ3v) is 9.55. The lowest BCUT2D eigenvalue weighted by molar-refractivity contribution is -0.122. The summed E-state index contributed by atoms with van der Waals surface area (Å²) >= 11 is 0. The van der Waals surface area contributed by atoms with E-state index in [0.29, 0.717) is 64.3 Å². The van der Waals surface area contributed by atoms with Gasteiger partial charge in [-0.3, -0.25) is 19.1 Å². The molecule has 0 radical (unpaired) electrons. The zero-order chi connectivity index (χ0) is 38.7. The maximum absolute atomic E-state index is 12.6. The Hall–Kier alpha value is -4.29. The number of unbranched alkanes of at least 4 members (excludes halogenated alkanes) is 8. The summed E-state index contributed by atoms with van der Waals surface area (Å²) in [6.07, 6.45) is 14.8. The van der Waals surface area contributed by atoms with Gasteiger partial charge in [0.1, 0.15) is 18.1 Å². The molecule has 1 heterocycles. The number of amides is 3. The van der Waals surface area contributed by atoms with Gasteiger partial charge in [-0.05, 0) is 62.8 Å². The highest BCUT2D eigenvalue weighted by Crippen LogP contribution is 2.21. The summed E-state index contributed by atoms with van der Waals surface area (Å²) in [7, 11) is 0. The summed E-state index contributed by atoms with van der Waals surface area (Å²) in [5.74, 6) is 0.798. The Bertz CT molecular complexity index is 1460. The number of aliphatic hydroxyl groups is 1. The molecule has 3 aromatic rings. The molecule has 1 aromatic heterocycles. The molecule has 12 heteroatoms. The zero-order valence-corrected chi connectivity index (χ0v) is 32.7. The number of benzene rings is 2. The number of ether oxygens (including phenoxy) is 2. The SMILES string of the molecule is CCC(C)(CO)COCCCCn1cc(-c2ccc(C(=O)NCCCNC(=O)CCCCCCCCCCC(=O)NCCOc3ccccc3)cc2)nn1. The van der Waals surface area contributed by atoms with Gasteiger partial charge in [0.2, 0.25) is 11.8 Å². The van der Waals surface area contributed by atoms with Crippen LogP contribution in [0.4, 0.5) is 0 Å². The predicted octanol–water partition coefficient (Wildman–Crippen LogP) is 6.48. The lowest BCUT2D eigenvalue weighted by Gasteiger charge is -2.25. The number of para-hydroxylation sites is 1. The van der Waals surface area contributed by atoms with Gasteiger partial charge in [-0.15, -0.1) is 5.10 Å². The van der Waals surface area contributed by atoms with Gasteiger partial charge in [0.05, 0.1) is 26.0 Å². The topological polar surface area (TPSA) is 157 Å². The summed E-state index contributed by atoms with van der Waals surface area (Å²) in [5, 5.41) is 26.8. The van der Waals surface area contributed by atoms with Gasteiger partial charge < -0.3 is 30.5 Å². The normalized spacial score (nSPS) is 12.2. The molecule has 0 spiro atoms. The van der Waals surface area contributed by atoms with E-state index >= 15 is 0 Å². The van der Waals surface area contributed by atoms with Crippen molar-refractivity contribution in [3.63, 3.8) is 0 Å². The molecule has 0 aliphatic carbocycles. The van der Waals surface area contributed by atoms with Gasteiger partial charge >= 0.3 is 0 Å². The summed E-state index contributed by atoms with van der Waals surface area (Å²) in [4.78, 5) is 36.8. The highest BCUT2D eigenvalue weighted by atomic mass is 16.5. The lowest BCUT2D eigenvalue weighted by Crippen LogP contribution is -2.29. The molecule has 0 aliphatic rings. The number of aryl methyl sites for hydroxylation is 1. The summed E-state index contributed by atoms with van der Waals surface area (Å²) < 4.78 is 13.2. The van der Waals surface area contributed by atoms with Crippen molar-refractivity contribution in [2.45, 2.75) is 110 Å². The Morgan fingerprint density at radius 1 is 0.741 bits per heavy atom. The van der Waals surface area contributed by atoms with E-state index in [2.05, 4.69) is 33.2 Å². The second kappa shape index (κ2) is 26.5. The Balaban J connectivity index is 1.12. The summed E-state index contributed by atoms with van der Waals surface area (Å²) in [5.41, 5.74) is 2.04. The number of hydrogen-bond acceptors (Lipinski definition) is 8. The van der Waals surface area contributed by atoms with Crippen LogP contribution in [0.3, 0.4) is 0 Å². The fraction of sp³-hybridized carbons (Fsp3) is 0.595. The number of carbonyl (C=O) groups excluding carboxylic acids is 3. The Kier molecular flexibility index (Phi) is 21.6. The standard InChI is InChI=1S/C42H64N6O6/c1-3-42(2,33-49)34-53-30-16-15-29-48-32-38(46-47-48)35-22-24-36(25-23-35)41(52)45-27-17-26-43-39(50)20-13-8-6-4-5-7-9-14-21-40(51)44-28-31-54-37-18-11-10-12-19-37/h10-12,18-19,22-25,32,49H,3-9,13-17,20-21,26-31,33-34H2,1-2H3,(H,43,50)(H,44,51)(H,45,52). The number of hydrogen-bond donors (Lipinski definition) is 4. The van der Waals surface area contributed by atoms with Crippen LogP contribution in [0.2, 0.25) is 0 Å². The molecule has 0 saturated heterocycles. The molecule has 54 heavy (non-hydrogen) atoms. The van der Waals surface area contributed by atoms with Crippen molar-refractivity contribution in [1.82, 2.24) is 30.9 Å². The second-order valence-electron chi connectivity index (χ2n) is 14.3. The monoisotopic (exact) mass is 748 g/mol. The molecule has 0 aliphatic heterocycles. The van der Waals surface area contributed by atoms with E-state index in [0.717, 1.165) is 94.2 Å². The highest BCUT2D eigenvalue weighted by Gasteiger charge is 2.21. The van der Waals surface area contributed by atoms with Crippen LogP contribution in [-0.4, -0.2) is 83.9 Å². The van der Waals surface area contributed by atoms with Gasteiger partial charge in [0.25, 0.3) is 5.91 Å². The minimum Gasteiger partial charge on any atom is -0.492 e. The minimum absolute atomic E-state index is 0.0570. The van der Waals surface area contributed by atoms with Crippen LogP contribution in [0.1, 0.15) is 114 Å². The first kappa shape index (κ1) is 44.1. The van der Waals surface area contributed by atoms with Crippen LogP contribution in [0.5, 0.6) is 5.75 Å². The van der Waals surface area contributed by atoms with Crippen molar-refractivity contribution >= 4 is 17.7 Å². The molecule has 1 atom stereocenters. The molecule has 0 saturated carbocycles. The first-order valence-electron chi connectivity index (χ1n) is 20.0. The molecular weight excluding hydrogens is 684 g/mol. The van der Waals surface area contributed by atoms with Crippen LogP contribution in [0.15, 0.2) is 60.8 Å². The molecular formula is C42H64N6O6. The zero-order valence-electron chi connectivity index (χ0n) is 32.7. The highest BCUT2D eigenvalue weighted by molar-refractivity contribution is 5.94. The third kappa shape index (κ3) is 18.6. The van der Waals surface area contributed by atoms with Crippen molar-refractivity contribution in [3.05, 3.63) is 66.4 Å². The van der Waals surface area contributed by atoms with E-state index in [1.54, 1.807) is 12.1 Å². The molecule has 1 unspecified atom stereocenters. The molecule has 2 aromatic carbocycles. The van der Waals surface area contributed by atoms with Crippen LogP contribution >= 0.6 is 0 Å². The fourth-order valence-electron chi connectivity index (χ4n) is 5.69. The molecule has 298 valence electrons. The molecule has 4 N–H and O–H groups in total. The Labute approximate surface area is 322 Å². The Morgan fingerprint density at radius 3 is 2.02 bits per heavy atom. The summed E-state index contributed by atoms with van der Waals surface area (Å²) in [6, 6.07) is 16.9. The van der Waals surface area contributed by atoms with E-state index in [1.807, 2.05) is 60.3 Å². The van der Waals surface area contributed by atoms with Gasteiger partial charge in [-0.2, -0.15) is 0 Å². The number of rotatable bonds is 30. The van der Waals surface area contributed by atoms with E-state index in [1.165, 1.54) is 0 Å². The maximum atomic E-state index is 12.6. The predicted molar refractivity (Wildman–Crippen MR) is 212 cm³/mol. The van der Waals surface area contributed by atoms with Crippen LogP contribution in [-0.2, 0) is 20.9 Å². The first-order chi connectivity index (χ1) is 26.3. The van der Waals surface area contributed by atoms with E-state index in [4.69, 9.17) is 9.47 Å². The van der Waals surface area contributed by atoms with Crippen molar-refractivity contribution in [1.29, 1.82) is 0 Å². The molecule has 3 rings (SSSR count). The van der Waals surface area contributed by atoms with Crippen molar-refractivity contribution in [2.75, 3.05) is 46.1 Å². The minimum atomic E-state index is -0.176. The average molecular weight is 749 g/mol. The maximum Gasteiger partial charge on any atom is 0.251 e. The first-order valence-corrected chi connectivity index (χ1v) is 20.0. The third-order valence-electron chi connectivity index (χ3n) is 9.55. The van der Waals surface area contributed by atoms with Crippen LogP contribution in [0, 0.1) is 5.41 Å². The molecule has 0 bridgehead atoms. The van der Waals surface area contributed by atoms with E-state index in [9.17, 15) is 19.5 Å². The van der Waals surface area contributed by atoms with Gasteiger partial charge in [0.15, 0.2) is 0 Å². The smallest absolute Gasteiger partial charge is 0.251 e. The molecule has 12 nitrogen and oxygen atoms in total. The van der Waals surface area contributed by atoms with Gasteiger partial charge in [-0.25, -0.2) is 0 Å². The second-order valence-corrected chi connectivity index (χ2v) is 14.3. The van der Waals surface area contributed by atoms with E-state index < -0.39 is 0 Å². The lowest BCUT2D eigenvalue weighted by atomic mass is 9.90. The largest absolute Gasteiger partial charge is 0.492 e. The van der Waals surface area contributed by atoms with Crippen molar-refractivity contribution in [2.24, 2.45) is 5.41 Å². The molecule has 0 fully saturated rings. The van der Waals surface area contributed by atoms with Gasteiger partial charge in [0, 0.05) is 55.6 Å². The molecule has 3 amide bonds. The Morgan fingerprint density at radius 2 is 1.37 bits per heavy atom. The average Bonchev–Trinajstić information content (AvgIpc) is 3.67. The fourth-order valence-corrected chi connectivity index (χ4v) is 5.69. The summed E-state index contributed by atoms with van der Waals surface area (Å²) in [6.45, 7) is 8.16. The number of aromatic nitrogens is 3. The quantitative estimate of drug-likeness (QED) is 0.0565. The van der Waals surface area contributed by atoms with Crippen molar-refractivity contribution in [3.8, 4) is 17.0 Å². The number of aliphatic hydroxyl groups excluding tert-OH is 1. The van der Waals surface area contributed by atoms with Crippen LogP contribution in [0.25, 0.3) is 11.3 Å². The van der Waals surface area contributed by atoms with Crippen LogP contribution < -0.4 is 20.7 Å².